The van der Waals surface area contributed by atoms with Crippen LogP contribution in [-0.4, -0.2) is 16.7 Å². The zero-order chi connectivity index (χ0) is 15.5. The Morgan fingerprint density at radius 3 is 2.91 bits per heavy atom. The summed E-state index contributed by atoms with van der Waals surface area (Å²) in [5.41, 5.74) is 3.37. The molecule has 1 heterocycles. The first-order chi connectivity index (χ1) is 10.6. The average molecular weight is 294 g/mol. The van der Waals surface area contributed by atoms with Gasteiger partial charge < -0.3 is 5.32 Å². The molecule has 3 rings (SSSR count). The summed E-state index contributed by atoms with van der Waals surface area (Å²) in [4.78, 5) is 28.3. The number of Topliss-reactive ketones (excluding diaryl/α,β-unsaturated/α-hetero) is 1. The number of carbonyl (C=O) groups is 2. The molecule has 0 bridgehead atoms. The maximum Gasteiger partial charge on any atom is 0.231 e. The first-order valence-corrected chi connectivity index (χ1v) is 7.52. The highest BCUT2D eigenvalue weighted by atomic mass is 16.2. The molecule has 22 heavy (non-hydrogen) atoms. The van der Waals surface area contributed by atoms with Gasteiger partial charge in [-0.2, -0.15) is 0 Å². The van der Waals surface area contributed by atoms with Crippen LogP contribution in [-0.2, 0) is 11.2 Å². The third-order valence-corrected chi connectivity index (χ3v) is 4.11. The summed E-state index contributed by atoms with van der Waals surface area (Å²) >= 11 is 0. The minimum absolute atomic E-state index is 0.101. The quantitative estimate of drug-likeness (QED) is 0.944. The Hall–Kier alpha value is -2.49. The van der Waals surface area contributed by atoms with Gasteiger partial charge in [0.25, 0.3) is 0 Å². The lowest BCUT2D eigenvalue weighted by Gasteiger charge is -2.17. The molecule has 1 amide bonds. The maximum atomic E-state index is 12.3. The molecule has 1 aliphatic carbocycles. The fourth-order valence-electron chi connectivity index (χ4n) is 2.74. The SMILES string of the molecule is CC(C(=O)Nc1ccc2c(c1)C(=O)CCC2)c1cccnc1. The highest BCUT2D eigenvalue weighted by molar-refractivity contribution is 6.01. The minimum atomic E-state index is -0.291. The number of aromatic nitrogens is 1. The largest absolute Gasteiger partial charge is 0.326 e. The van der Waals surface area contributed by atoms with Crippen molar-refractivity contribution in [2.24, 2.45) is 0 Å². The standard InChI is InChI=1S/C18H18N2O2/c1-12(14-5-3-9-19-11-14)18(22)20-15-8-7-13-4-2-6-17(21)16(13)10-15/h3,5,7-12H,2,4,6H2,1H3,(H,20,22). The second-order valence-corrected chi connectivity index (χ2v) is 5.65. The van der Waals surface area contributed by atoms with Gasteiger partial charge in [0.15, 0.2) is 5.78 Å². The summed E-state index contributed by atoms with van der Waals surface area (Å²) in [6.07, 6.45) is 5.82. The number of nitrogens with zero attached hydrogens (tertiary/aromatic N) is 1. The van der Waals surface area contributed by atoms with Crippen molar-refractivity contribution in [3.63, 3.8) is 0 Å². The third-order valence-electron chi connectivity index (χ3n) is 4.11. The molecule has 0 saturated carbocycles. The maximum absolute atomic E-state index is 12.3. The number of ketones is 1. The molecule has 1 N–H and O–H groups in total. The van der Waals surface area contributed by atoms with Crippen LogP contribution in [0.5, 0.6) is 0 Å². The topological polar surface area (TPSA) is 59.1 Å². The van der Waals surface area contributed by atoms with Gasteiger partial charge in [0.05, 0.1) is 5.92 Å². The number of benzene rings is 1. The monoisotopic (exact) mass is 294 g/mol. The van der Waals surface area contributed by atoms with E-state index in [1.54, 1.807) is 18.5 Å². The van der Waals surface area contributed by atoms with Gasteiger partial charge in [0, 0.05) is 30.1 Å². The van der Waals surface area contributed by atoms with Crippen LogP contribution in [0.3, 0.4) is 0 Å². The Labute approximate surface area is 129 Å². The smallest absolute Gasteiger partial charge is 0.231 e. The highest BCUT2D eigenvalue weighted by Crippen LogP contribution is 2.25. The van der Waals surface area contributed by atoms with E-state index in [1.807, 2.05) is 31.2 Å². The molecular formula is C18H18N2O2. The van der Waals surface area contributed by atoms with Crippen molar-refractivity contribution in [1.29, 1.82) is 0 Å². The zero-order valence-electron chi connectivity index (χ0n) is 12.5. The van der Waals surface area contributed by atoms with Crippen molar-refractivity contribution < 1.29 is 9.59 Å². The Morgan fingerprint density at radius 2 is 2.14 bits per heavy atom. The van der Waals surface area contributed by atoms with Gasteiger partial charge in [-0.05, 0) is 49.1 Å². The van der Waals surface area contributed by atoms with E-state index in [1.165, 1.54) is 0 Å². The normalized spacial score (nSPS) is 15.0. The van der Waals surface area contributed by atoms with Gasteiger partial charge in [-0.3, -0.25) is 14.6 Å². The van der Waals surface area contributed by atoms with Crippen LogP contribution in [0.1, 0.15) is 47.2 Å². The summed E-state index contributed by atoms with van der Waals surface area (Å²) in [5.74, 6) is -0.228. The molecule has 1 unspecified atom stereocenters. The van der Waals surface area contributed by atoms with E-state index in [9.17, 15) is 9.59 Å². The molecule has 0 aliphatic heterocycles. The van der Waals surface area contributed by atoms with E-state index >= 15 is 0 Å². The van der Waals surface area contributed by atoms with E-state index in [4.69, 9.17) is 0 Å². The lowest BCUT2D eigenvalue weighted by atomic mass is 9.90. The summed E-state index contributed by atoms with van der Waals surface area (Å²) in [6, 6.07) is 9.30. The average Bonchev–Trinajstić information content (AvgIpc) is 2.55. The Bertz CT molecular complexity index is 710. The van der Waals surface area contributed by atoms with Gasteiger partial charge >= 0.3 is 0 Å². The number of nitrogens with one attached hydrogen (secondary N) is 1. The number of hydrogen-bond donors (Lipinski definition) is 1. The number of aryl methyl sites for hydroxylation is 1. The van der Waals surface area contributed by atoms with Crippen molar-refractivity contribution in [2.75, 3.05) is 5.32 Å². The molecule has 1 aliphatic rings. The second-order valence-electron chi connectivity index (χ2n) is 5.65. The van der Waals surface area contributed by atoms with E-state index < -0.39 is 0 Å². The first kappa shape index (κ1) is 14.4. The van der Waals surface area contributed by atoms with Crippen molar-refractivity contribution in [2.45, 2.75) is 32.1 Å². The molecule has 1 atom stereocenters. The van der Waals surface area contributed by atoms with Crippen molar-refractivity contribution >= 4 is 17.4 Å². The predicted molar refractivity (Wildman–Crippen MR) is 85.0 cm³/mol. The number of hydrogen-bond acceptors (Lipinski definition) is 3. The predicted octanol–water partition coefficient (Wildman–Crippen LogP) is 3.34. The summed E-state index contributed by atoms with van der Waals surface area (Å²) in [6.45, 7) is 1.84. The van der Waals surface area contributed by atoms with Crippen LogP contribution in [0, 0.1) is 0 Å². The Morgan fingerprint density at radius 1 is 1.27 bits per heavy atom. The Balaban J connectivity index is 1.77. The van der Waals surface area contributed by atoms with E-state index in [0.717, 1.165) is 29.5 Å². The van der Waals surface area contributed by atoms with Crippen LogP contribution in [0.25, 0.3) is 0 Å². The first-order valence-electron chi connectivity index (χ1n) is 7.52. The number of amides is 1. The van der Waals surface area contributed by atoms with Crippen LogP contribution < -0.4 is 5.32 Å². The minimum Gasteiger partial charge on any atom is -0.326 e. The van der Waals surface area contributed by atoms with Gasteiger partial charge in [0.1, 0.15) is 0 Å². The van der Waals surface area contributed by atoms with E-state index in [-0.39, 0.29) is 17.6 Å². The van der Waals surface area contributed by atoms with Gasteiger partial charge in [-0.15, -0.1) is 0 Å². The zero-order valence-corrected chi connectivity index (χ0v) is 12.5. The molecule has 112 valence electrons. The van der Waals surface area contributed by atoms with Crippen LogP contribution in [0.4, 0.5) is 5.69 Å². The highest BCUT2D eigenvalue weighted by Gasteiger charge is 2.19. The molecule has 1 aromatic heterocycles. The molecule has 4 nitrogen and oxygen atoms in total. The van der Waals surface area contributed by atoms with E-state index in [2.05, 4.69) is 10.3 Å². The lowest BCUT2D eigenvalue weighted by Crippen LogP contribution is -2.19. The summed E-state index contributed by atoms with van der Waals surface area (Å²) in [7, 11) is 0. The second kappa shape index (κ2) is 6.10. The summed E-state index contributed by atoms with van der Waals surface area (Å²) in [5, 5.41) is 2.89. The summed E-state index contributed by atoms with van der Waals surface area (Å²) < 4.78 is 0. The molecule has 0 radical (unpaired) electrons. The van der Waals surface area contributed by atoms with Gasteiger partial charge in [-0.25, -0.2) is 0 Å². The van der Waals surface area contributed by atoms with Crippen LogP contribution in [0.15, 0.2) is 42.7 Å². The fraction of sp³-hybridized carbons (Fsp3) is 0.278. The van der Waals surface area contributed by atoms with Crippen molar-refractivity contribution in [3.8, 4) is 0 Å². The van der Waals surface area contributed by atoms with E-state index in [0.29, 0.717) is 12.1 Å². The molecule has 0 fully saturated rings. The van der Waals surface area contributed by atoms with Gasteiger partial charge in [-0.1, -0.05) is 12.1 Å². The fourth-order valence-corrected chi connectivity index (χ4v) is 2.74. The molecular weight excluding hydrogens is 276 g/mol. The number of anilines is 1. The lowest BCUT2D eigenvalue weighted by molar-refractivity contribution is -0.117. The molecule has 0 spiro atoms. The molecule has 0 saturated heterocycles. The number of carbonyl (C=O) groups excluding carboxylic acids is 2. The molecule has 4 heteroatoms. The molecule has 1 aromatic carbocycles. The Kier molecular flexibility index (Phi) is 4.00. The molecule has 2 aromatic rings. The van der Waals surface area contributed by atoms with Crippen molar-refractivity contribution in [3.05, 3.63) is 59.4 Å². The van der Waals surface area contributed by atoms with Gasteiger partial charge in [0.2, 0.25) is 5.91 Å². The van der Waals surface area contributed by atoms with Crippen LogP contribution >= 0.6 is 0 Å². The number of rotatable bonds is 3. The third kappa shape index (κ3) is 2.91. The van der Waals surface area contributed by atoms with Crippen molar-refractivity contribution in [1.82, 2.24) is 4.98 Å². The van der Waals surface area contributed by atoms with Crippen LogP contribution in [0.2, 0.25) is 0 Å². The number of fused-ring (bicyclic) bond motifs is 1. The number of pyridine rings is 1.